The van der Waals surface area contributed by atoms with Crippen molar-refractivity contribution in [1.29, 1.82) is 0 Å². The van der Waals surface area contributed by atoms with Crippen LogP contribution >= 0.6 is 0 Å². The molecule has 0 radical (unpaired) electrons. The molecule has 0 aliphatic rings. The van der Waals surface area contributed by atoms with Gasteiger partial charge in [0.2, 0.25) is 5.88 Å². The quantitative estimate of drug-likeness (QED) is 0.633. The molecule has 8 heteroatoms. The summed E-state index contributed by atoms with van der Waals surface area (Å²) in [5.74, 6) is 1.18. The minimum atomic E-state index is -0.368. The van der Waals surface area contributed by atoms with Gasteiger partial charge in [-0.15, -0.1) is 0 Å². The number of pyridine rings is 1. The number of nitrogens with one attached hydrogen (secondary N) is 2. The van der Waals surface area contributed by atoms with Gasteiger partial charge in [-0.1, -0.05) is 0 Å². The highest BCUT2D eigenvalue weighted by Gasteiger charge is 2.04. The molecule has 1 aromatic carbocycles. The predicted octanol–water partition coefficient (Wildman–Crippen LogP) is 2.78. The lowest BCUT2D eigenvalue weighted by Crippen LogP contribution is -2.19. The second kappa shape index (κ2) is 10.9. The van der Waals surface area contributed by atoms with Crippen molar-refractivity contribution >= 4 is 17.4 Å². The average molecular weight is 361 g/mol. The number of carbonyl (C=O) groups excluding carboxylic acids is 1. The van der Waals surface area contributed by atoms with Crippen LogP contribution in [-0.2, 0) is 9.47 Å². The number of ether oxygens (including phenoxy) is 4. The largest absolute Gasteiger partial charge is 0.491 e. The number of benzene rings is 1. The average Bonchev–Trinajstić information content (AvgIpc) is 2.65. The first-order valence-electron chi connectivity index (χ1n) is 8.09. The third kappa shape index (κ3) is 6.96. The van der Waals surface area contributed by atoms with Gasteiger partial charge in [0.25, 0.3) is 0 Å². The van der Waals surface area contributed by atoms with E-state index in [1.165, 1.54) is 6.20 Å². The highest BCUT2D eigenvalue weighted by molar-refractivity contribution is 5.99. The molecule has 0 saturated carbocycles. The Kier molecular flexibility index (Phi) is 8.17. The number of methoxy groups -OCH3 is 2. The lowest BCUT2D eigenvalue weighted by atomic mass is 10.3. The van der Waals surface area contributed by atoms with E-state index in [0.29, 0.717) is 49.4 Å². The molecule has 1 aromatic heterocycles. The lowest BCUT2D eigenvalue weighted by Gasteiger charge is -2.10. The van der Waals surface area contributed by atoms with E-state index in [4.69, 9.17) is 18.9 Å². The number of hydrogen-bond donors (Lipinski definition) is 2. The van der Waals surface area contributed by atoms with E-state index in [1.54, 1.807) is 50.6 Å². The first kappa shape index (κ1) is 19.5. The molecule has 0 fully saturated rings. The summed E-state index contributed by atoms with van der Waals surface area (Å²) in [6.07, 6.45) is 1.52. The molecule has 0 bridgehead atoms. The first-order valence-corrected chi connectivity index (χ1v) is 8.09. The van der Waals surface area contributed by atoms with Crippen LogP contribution in [0.5, 0.6) is 11.6 Å². The molecule has 0 aliphatic heterocycles. The summed E-state index contributed by atoms with van der Waals surface area (Å²) < 4.78 is 20.6. The van der Waals surface area contributed by atoms with Crippen LogP contribution in [0.2, 0.25) is 0 Å². The normalized spacial score (nSPS) is 10.2. The number of aromatic nitrogens is 1. The number of amides is 2. The van der Waals surface area contributed by atoms with Crippen molar-refractivity contribution < 1.29 is 23.7 Å². The fourth-order valence-electron chi connectivity index (χ4n) is 1.94. The van der Waals surface area contributed by atoms with E-state index in [2.05, 4.69) is 15.6 Å². The molecule has 26 heavy (non-hydrogen) atoms. The molecule has 0 unspecified atom stereocenters. The number of rotatable bonds is 10. The monoisotopic (exact) mass is 361 g/mol. The Morgan fingerprint density at radius 1 is 0.846 bits per heavy atom. The van der Waals surface area contributed by atoms with Crippen LogP contribution in [0.25, 0.3) is 0 Å². The topological polar surface area (TPSA) is 90.9 Å². The SMILES string of the molecule is COCCOc1ccc(NC(=O)Nc2ccc(OCCOC)nc2)cc1. The number of carbonyl (C=O) groups is 1. The number of nitrogens with zero attached hydrogens (tertiary/aromatic N) is 1. The minimum Gasteiger partial charge on any atom is -0.491 e. The molecule has 2 amide bonds. The molecule has 2 rings (SSSR count). The van der Waals surface area contributed by atoms with Crippen LogP contribution in [0.1, 0.15) is 0 Å². The van der Waals surface area contributed by atoms with Gasteiger partial charge < -0.3 is 29.6 Å². The second-order valence-electron chi connectivity index (χ2n) is 5.17. The van der Waals surface area contributed by atoms with E-state index < -0.39 is 0 Å². The van der Waals surface area contributed by atoms with E-state index >= 15 is 0 Å². The van der Waals surface area contributed by atoms with Gasteiger partial charge in [0.1, 0.15) is 19.0 Å². The van der Waals surface area contributed by atoms with Crippen molar-refractivity contribution in [3.63, 3.8) is 0 Å². The number of anilines is 2. The third-order valence-electron chi connectivity index (χ3n) is 3.20. The Balaban J connectivity index is 1.78. The summed E-state index contributed by atoms with van der Waals surface area (Å²) in [6.45, 7) is 1.90. The molecule has 0 aliphatic carbocycles. The zero-order valence-electron chi connectivity index (χ0n) is 14.9. The summed E-state index contributed by atoms with van der Waals surface area (Å²) in [7, 11) is 3.22. The van der Waals surface area contributed by atoms with Crippen LogP contribution < -0.4 is 20.1 Å². The summed E-state index contributed by atoms with van der Waals surface area (Å²) in [6, 6.07) is 10.1. The highest BCUT2D eigenvalue weighted by Crippen LogP contribution is 2.16. The molecule has 140 valence electrons. The maximum Gasteiger partial charge on any atom is 0.323 e. The predicted molar refractivity (Wildman–Crippen MR) is 98.1 cm³/mol. The second-order valence-corrected chi connectivity index (χ2v) is 5.17. The third-order valence-corrected chi connectivity index (χ3v) is 3.20. The van der Waals surface area contributed by atoms with Crippen LogP contribution in [0.15, 0.2) is 42.6 Å². The first-order chi connectivity index (χ1) is 12.7. The Hall–Kier alpha value is -2.84. The van der Waals surface area contributed by atoms with Gasteiger partial charge in [-0.2, -0.15) is 0 Å². The Morgan fingerprint density at radius 3 is 2.08 bits per heavy atom. The standard InChI is InChI=1S/C18H23N3O5/c1-23-9-11-25-16-6-3-14(4-7-16)20-18(22)21-15-5-8-17(19-13-15)26-12-10-24-2/h3-8,13H,9-12H2,1-2H3,(H2,20,21,22). The van der Waals surface area contributed by atoms with Gasteiger partial charge in [-0.05, 0) is 30.3 Å². The number of urea groups is 1. The smallest absolute Gasteiger partial charge is 0.323 e. The van der Waals surface area contributed by atoms with Crippen LogP contribution in [-0.4, -0.2) is 51.7 Å². The van der Waals surface area contributed by atoms with Gasteiger partial charge >= 0.3 is 6.03 Å². The Labute approximate surface area is 152 Å². The van der Waals surface area contributed by atoms with Crippen LogP contribution in [0, 0.1) is 0 Å². The van der Waals surface area contributed by atoms with Gasteiger partial charge in [0, 0.05) is 26.0 Å². The maximum atomic E-state index is 12.0. The minimum absolute atomic E-state index is 0.368. The number of hydrogen-bond acceptors (Lipinski definition) is 6. The molecule has 0 saturated heterocycles. The van der Waals surface area contributed by atoms with Gasteiger partial charge in [-0.25, -0.2) is 9.78 Å². The fourth-order valence-corrected chi connectivity index (χ4v) is 1.94. The van der Waals surface area contributed by atoms with E-state index in [1.807, 2.05) is 0 Å². The molecule has 1 heterocycles. The van der Waals surface area contributed by atoms with Crippen molar-refractivity contribution in [1.82, 2.24) is 4.98 Å². The molecular weight excluding hydrogens is 338 g/mol. The summed E-state index contributed by atoms with van der Waals surface area (Å²) >= 11 is 0. The van der Waals surface area contributed by atoms with E-state index in [0.717, 1.165) is 0 Å². The summed E-state index contributed by atoms with van der Waals surface area (Å²) in [4.78, 5) is 16.1. The zero-order chi connectivity index (χ0) is 18.6. The van der Waals surface area contributed by atoms with Gasteiger partial charge in [-0.3, -0.25) is 0 Å². The molecule has 0 atom stereocenters. The van der Waals surface area contributed by atoms with Crippen LogP contribution in [0.4, 0.5) is 16.2 Å². The van der Waals surface area contributed by atoms with Crippen LogP contribution in [0.3, 0.4) is 0 Å². The van der Waals surface area contributed by atoms with Gasteiger partial charge in [0.15, 0.2) is 0 Å². The lowest BCUT2D eigenvalue weighted by molar-refractivity contribution is 0.144. The van der Waals surface area contributed by atoms with Gasteiger partial charge in [0.05, 0.1) is 25.1 Å². The van der Waals surface area contributed by atoms with E-state index in [9.17, 15) is 4.79 Å². The highest BCUT2D eigenvalue weighted by atomic mass is 16.5. The molecule has 0 spiro atoms. The fraction of sp³-hybridized carbons (Fsp3) is 0.333. The van der Waals surface area contributed by atoms with Crippen molar-refractivity contribution in [2.75, 3.05) is 51.3 Å². The summed E-state index contributed by atoms with van der Waals surface area (Å²) in [5.41, 5.74) is 1.20. The summed E-state index contributed by atoms with van der Waals surface area (Å²) in [5, 5.41) is 5.44. The van der Waals surface area contributed by atoms with E-state index in [-0.39, 0.29) is 6.03 Å². The van der Waals surface area contributed by atoms with Crippen molar-refractivity contribution in [3.05, 3.63) is 42.6 Å². The molecular formula is C18H23N3O5. The molecule has 2 N–H and O–H groups in total. The molecule has 8 nitrogen and oxygen atoms in total. The van der Waals surface area contributed by atoms with Crippen molar-refractivity contribution in [3.8, 4) is 11.6 Å². The maximum absolute atomic E-state index is 12.0. The molecule has 2 aromatic rings. The Morgan fingerprint density at radius 2 is 1.46 bits per heavy atom. The Bertz CT molecular complexity index is 604. The zero-order valence-corrected chi connectivity index (χ0v) is 14.9. The van der Waals surface area contributed by atoms with Crippen molar-refractivity contribution in [2.24, 2.45) is 0 Å². The van der Waals surface area contributed by atoms with Crippen molar-refractivity contribution in [2.45, 2.75) is 0 Å².